The number of hydrogen-bond donors (Lipinski definition) is 1. The van der Waals surface area contributed by atoms with Crippen molar-refractivity contribution in [1.82, 2.24) is 24.4 Å². The van der Waals surface area contributed by atoms with Crippen molar-refractivity contribution in [2.45, 2.75) is 6.18 Å². The fourth-order valence-electron chi connectivity index (χ4n) is 4.40. The van der Waals surface area contributed by atoms with Crippen LogP contribution in [-0.4, -0.2) is 30.3 Å². The maximum atomic E-state index is 14.1. The van der Waals surface area contributed by atoms with E-state index in [-0.39, 0.29) is 28.3 Å². The number of alkyl halides is 3. The number of amides is 1. The maximum absolute atomic E-state index is 14.1. The van der Waals surface area contributed by atoms with Crippen LogP contribution in [0.15, 0.2) is 91.3 Å². The quantitative estimate of drug-likeness (QED) is 0.311. The lowest BCUT2D eigenvalue weighted by Crippen LogP contribution is -2.17. The van der Waals surface area contributed by atoms with Gasteiger partial charge in [-0.15, -0.1) is 0 Å². The van der Waals surface area contributed by atoms with Crippen molar-refractivity contribution in [3.8, 4) is 23.0 Å². The second-order valence-corrected chi connectivity index (χ2v) is 8.56. The van der Waals surface area contributed by atoms with E-state index in [0.717, 1.165) is 17.6 Å². The lowest BCUT2D eigenvalue weighted by atomic mass is 10.0. The Hall–Kier alpha value is -5.50. The standard InChI is InChI=1S/C28H16F3N7O/c29-28(30,31)24-13-23(21-12-6-8-17-7-4-5-11-20(17)21)35-26-22(16-34-38(24)26)27(39)36-25-18(14-32)15-33-37(25)19-9-2-1-3-10-19/h1-13,15-16H,(H,36,39). The molecule has 3 aromatic heterocycles. The highest BCUT2D eigenvalue weighted by molar-refractivity contribution is 6.08. The van der Waals surface area contributed by atoms with Gasteiger partial charge in [-0.1, -0.05) is 60.7 Å². The molecule has 6 rings (SSSR count). The van der Waals surface area contributed by atoms with Crippen molar-refractivity contribution in [3.05, 3.63) is 108 Å². The molecule has 1 amide bonds. The highest BCUT2D eigenvalue weighted by Crippen LogP contribution is 2.35. The number of fused-ring (bicyclic) bond motifs is 2. The van der Waals surface area contributed by atoms with Crippen molar-refractivity contribution in [2.75, 3.05) is 5.32 Å². The number of nitriles is 1. The van der Waals surface area contributed by atoms with Gasteiger partial charge in [-0.2, -0.15) is 28.6 Å². The number of anilines is 1. The Balaban J connectivity index is 1.50. The van der Waals surface area contributed by atoms with Crippen molar-refractivity contribution in [3.63, 3.8) is 0 Å². The molecule has 6 aromatic rings. The summed E-state index contributed by atoms with van der Waals surface area (Å²) in [6, 6.07) is 24.2. The van der Waals surface area contributed by atoms with Gasteiger partial charge in [-0.3, -0.25) is 4.79 Å². The summed E-state index contributed by atoms with van der Waals surface area (Å²) < 4.78 is 44.4. The van der Waals surface area contributed by atoms with E-state index in [2.05, 4.69) is 20.5 Å². The van der Waals surface area contributed by atoms with Crippen LogP contribution in [-0.2, 0) is 6.18 Å². The molecule has 8 nitrogen and oxygen atoms in total. The Bertz CT molecular complexity index is 1910. The number of benzene rings is 3. The number of carbonyl (C=O) groups excluding carboxylic acids is 1. The van der Waals surface area contributed by atoms with Gasteiger partial charge >= 0.3 is 6.18 Å². The van der Waals surface area contributed by atoms with Crippen LogP contribution in [0.5, 0.6) is 0 Å². The molecule has 0 fully saturated rings. The van der Waals surface area contributed by atoms with Crippen molar-refractivity contribution >= 4 is 28.1 Å². The predicted molar refractivity (Wildman–Crippen MR) is 137 cm³/mol. The number of nitrogens with zero attached hydrogens (tertiary/aromatic N) is 6. The third kappa shape index (κ3) is 4.14. The van der Waals surface area contributed by atoms with Gasteiger partial charge < -0.3 is 5.32 Å². The molecule has 0 aliphatic rings. The molecule has 3 aromatic carbocycles. The molecule has 0 bridgehead atoms. The second-order valence-electron chi connectivity index (χ2n) is 8.56. The summed E-state index contributed by atoms with van der Waals surface area (Å²) in [5.74, 6) is -0.732. The lowest BCUT2D eigenvalue weighted by molar-refractivity contribution is -0.142. The molecule has 0 aliphatic carbocycles. The predicted octanol–water partition coefficient (Wildman–Crippen LogP) is 5.88. The molecular weight excluding hydrogens is 507 g/mol. The van der Waals surface area contributed by atoms with E-state index in [0.29, 0.717) is 21.2 Å². The molecule has 0 aliphatic heterocycles. The first-order valence-corrected chi connectivity index (χ1v) is 11.6. The van der Waals surface area contributed by atoms with Crippen LogP contribution in [0.2, 0.25) is 0 Å². The van der Waals surface area contributed by atoms with Crippen LogP contribution in [0.3, 0.4) is 0 Å². The average Bonchev–Trinajstić information content (AvgIpc) is 3.56. The van der Waals surface area contributed by atoms with E-state index in [4.69, 9.17) is 0 Å². The van der Waals surface area contributed by atoms with E-state index in [1.165, 1.54) is 10.9 Å². The van der Waals surface area contributed by atoms with Crippen LogP contribution in [0.1, 0.15) is 21.6 Å². The summed E-state index contributed by atoms with van der Waals surface area (Å²) in [5.41, 5.74) is -0.409. The van der Waals surface area contributed by atoms with E-state index in [1.54, 1.807) is 54.6 Å². The van der Waals surface area contributed by atoms with E-state index >= 15 is 0 Å². The number of carbonyl (C=O) groups is 1. The number of halogens is 3. The van der Waals surface area contributed by atoms with Crippen molar-refractivity contribution in [1.29, 1.82) is 5.26 Å². The minimum atomic E-state index is -4.78. The van der Waals surface area contributed by atoms with Crippen LogP contribution in [0.4, 0.5) is 19.0 Å². The summed E-state index contributed by atoms with van der Waals surface area (Å²) in [5, 5.41) is 21.7. The first kappa shape index (κ1) is 23.9. The van der Waals surface area contributed by atoms with Crippen LogP contribution >= 0.6 is 0 Å². The van der Waals surface area contributed by atoms with Crippen molar-refractivity contribution in [2.24, 2.45) is 0 Å². The van der Waals surface area contributed by atoms with Crippen LogP contribution in [0, 0.1) is 11.3 Å². The first-order chi connectivity index (χ1) is 18.8. The van der Waals surface area contributed by atoms with Crippen molar-refractivity contribution < 1.29 is 18.0 Å². The third-order valence-electron chi connectivity index (χ3n) is 6.19. The fraction of sp³-hybridized carbons (Fsp3) is 0.0357. The molecule has 0 spiro atoms. The van der Waals surface area contributed by atoms with E-state index < -0.39 is 17.8 Å². The minimum Gasteiger partial charge on any atom is -0.305 e. The summed E-state index contributed by atoms with van der Waals surface area (Å²) in [6.45, 7) is 0. The largest absolute Gasteiger partial charge is 0.433 e. The molecule has 3 heterocycles. The molecule has 190 valence electrons. The average molecular weight is 523 g/mol. The normalized spacial score (nSPS) is 11.5. The Labute approximate surface area is 218 Å². The first-order valence-electron chi connectivity index (χ1n) is 11.6. The van der Waals surface area contributed by atoms with Crippen LogP contribution in [0.25, 0.3) is 33.4 Å². The molecule has 0 saturated carbocycles. The number of rotatable bonds is 4. The highest BCUT2D eigenvalue weighted by atomic mass is 19.4. The summed E-state index contributed by atoms with van der Waals surface area (Å²) in [6.07, 6.45) is -2.47. The van der Waals surface area contributed by atoms with Gasteiger partial charge in [-0.05, 0) is 29.0 Å². The fourth-order valence-corrected chi connectivity index (χ4v) is 4.40. The van der Waals surface area contributed by atoms with Gasteiger partial charge in [-0.25, -0.2) is 14.2 Å². The molecule has 0 unspecified atom stereocenters. The molecule has 11 heteroatoms. The number of aromatic nitrogens is 5. The molecule has 39 heavy (non-hydrogen) atoms. The van der Waals surface area contributed by atoms with Gasteiger partial charge in [0.2, 0.25) is 0 Å². The summed E-state index contributed by atoms with van der Waals surface area (Å²) in [4.78, 5) is 17.9. The Morgan fingerprint density at radius 2 is 1.67 bits per heavy atom. The van der Waals surface area contributed by atoms with E-state index in [9.17, 15) is 23.2 Å². The van der Waals surface area contributed by atoms with Gasteiger partial charge in [0, 0.05) is 5.56 Å². The zero-order chi connectivity index (χ0) is 27.1. The Morgan fingerprint density at radius 3 is 2.44 bits per heavy atom. The summed E-state index contributed by atoms with van der Waals surface area (Å²) >= 11 is 0. The molecule has 0 atom stereocenters. The zero-order valence-electron chi connectivity index (χ0n) is 19.9. The monoisotopic (exact) mass is 523 g/mol. The molecular formula is C28H16F3N7O. The molecule has 0 saturated heterocycles. The SMILES string of the molecule is N#Cc1cnn(-c2ccccc2)c1NC(=O)c1cnn2c(C(F)(F)F)cc(-c3cccc4ccccc34)nc12. The topological polar surface area (TPSA) is 101 Å². The number of para-hydroxylation sites is 1. The lowest BCUT2D eigenvalue weighted by Gasteiger charge is -2.13. The van der Waals surface area contributed by atoms with Crippen LogP contribution < -0.4 is 5.32 Å². The molecule has 0 radical (unpaired) electrons. The Kier molecular flexibility index (Phi) is 5.58. The highest BCUT2D eigenvalue weighted by Gasteiger charge is 2.36. The molecule has 1 N–H and O–H groups in total. The third-order valence-corrected chi connectivity index (χ3v) is 6.19. The van der Waals surface area contributed by atoms with Gasteiger partial charge in [0.05, 0.1) is 23.8 Å². The van der Waals surface area contributed by atoms with E-state index in [1.807, 2.05) is 24.3 Å². The Morgan fingerprint density at radius 1 is 0.923 bits per heavy atom. The number of hydrogen-bond acceptors (Lipinski definition) is 5. The number of nitrogens with one attached hydrogen (secondary N) is 1. The maximum Gasteiger partial charge on any atom is 0.433 e. The van der Waals surface area contributed by atoms with Gasteiger partial charge in [0.15, 0.2) is 17.2 Å². The smallest absolute Gasteiger partial charge is 0.305 e. The second kappa shape index (κ2) is 9.11. The zero-order valence-corrected chi connectivity index (χ0v) is 19.9. The minimum absolute atomic E-state index is 0.0354. The van der Waals surface area contributed by atoms with Gasteiger partial charge in [0.25, 0.3) is 5.91 Å². The van der Waals surface area contributed by atoms with Gasteiger partial charge in [0.1, 0.15) is 17.2 Å². The summed E-state index contributed by atoms with van der Waals surface area (Å²) in [7, 11) is 0.